The zero-order valence-corrected chi connectivity index (χ0v) is 15.7. The normalized spacial score (nSPS) is 16.9. The van der Waals surface area contributed by atoms with E-state index in [2.05, 4.69) is 20.3 Å². The van der Waals surface area contributed by atoms with Gasteiger partial charge in [0, 0.05) is 54.3 Å². The van der Waals surface area contributed by atoms with Crippen molar-refractivity contribution in [2.75, 3.05) is 19.8 Å². The maximum absolute atomic E-state index is 12.8. The Hall–Kier alpha value is -3.07. The molecule has 1 amide bonds. The molecule has 4 aromatic rings. The molecule has 1 N–H and O–H groups in total. The Morgan fingerprint density at radius 3 is 3.00 bits per heavy atom. The molecule has 0 bridgehead atoms. The summed E-state index contributed by atoms with van der Waals surface area (Å²) >= 11 is 1.40. The van der Waals surface area contributed by atoms with Crippen LogP contribution in [-0.2, 0) is 0 Å². The fraction of sp³-hybridized carbons (Fsp3) is 0.263. The molecule has 142 valence electrons. The van der Waals surface area contributed by atoms with E-state index in [0.717, 1.165) is 34.3 Å². The first-order valence-corrected chi connectivity index (χ1v) is 9.87. The molecule has 5 heterocycles. The summed E-state index contributed by atoms with van der Waals surface area (Å²) in [5.74, 6) is -0.0597. The molecule has 28 heavy (non-hydrogen) atoms. The summed E-state index contributed by atoms with van der Waals surface area (Å²) in [4.78, 5) is 19.6. The molecule has 1 unspecified atom stereocenters. The van der Waals surface area contributed by atoms with Gasteiger partial charge in [0.05, 0.1) is 23.9 Å². The van der Waals surface area contributed by atoms with Crippen LogP contribution in [0.4, 0.5) is 4.39 Å². The van der Waals surface area contributed by atoms with Gasteiger partial charge in [-0.2, -0.15) is 10.2 Å². The van der Waals surface area contributed by atoms with Crippen LogP contribution in [0, 0.1) is 5.92 Å². The minimum atomic E-state index is -0.367. The molecule has 1 atom stereocenters. The van der Waals surface area contributed by atoms with E-state index >= 15 is 0 Å². The van der Waals surface area contributed by atoms with E-state index in [4.69, 9.17) is 0 Å². The standard InChI is InChI=1S/C19H17FN6OS/c20-4-12-1-2-25(9-12)19(27)17-3-13(11-28-17)16-8-24-26-10-15(5-21-18(16)26)14-6-22-23-7-14/h3,5-8,10-12H,1-2,4,9H2,(H,22,23). The molecule has 4 aromatic heterocycles. The van der Waals surface area contributed by atoms with Crippen LogP contribution in [-0.4, -0.2) is 55.4 Å². The second-order valence-electron chi connectivity index (χ2n) is 6.92. The largest absolute Gasteiger partial charge is 0.338 e. The van der Waals surface area contributed by atoms with Crippen molar-refractivity contribution in [2.45, 2.75) is 6.42 Å². The molecule has 0 aromatic carbocycles. The summed E-state index contributed by atoms with van der Waals surface area (Å²) < 4.78 is 14.6. The summed E-state index contributed by atoms with van der Waals surface area (Å²) in [7, 11) is 0. The highest BCUT2D eigenvalue weighted by molar-refractivity contribution is 7.12. The Balaban J connectivity index is 1.42. The van der Waals surface area contributed by atoms with Crippen LogP contribution in [0.5, 0.6) is 0 Å². The number of hydrogen-bond acceptors (Lipinski definition) is 5. The monoisotopic (exact) mass is 396 g/mol. The van der Waals surface area contributed by atoms with Crippen LogP contribution in [0.25, 0.3) is 27.9 Å². The molecule has 1 aliphatic heterocycles. The quantitative estimate of drug-likeness (QED) is 0.574. The van der Waals surface area contributed by atoms with Crippen LogP contribution in [0.1, 0.15) is 16.1 Å². The SMILES string of the molecule is O=C(c1cc(-c2cnn3cc(-c4cn[nH]c4)cnc23)cs1)N1CCC(CF)C1. The first kappa shape index (κ1) is 17.1. The molecule has 0 saturated carbocycles. The van der Waals surface area contributed by atoms with E-state index in [1.165, 1.54) is 11.3 Å². The number of H-pyrrole nitrogens is 1. The highest BCUT2D eigenvalue weighted by atomic mass is 32.1. The summed E-state index contributed by atoms with van der Waals surface area (Å²) in [5.41, 5.74) is 4.36. The van der Waals surface area contributed by atoms with Crippen LogP contribution in [0.15, 0.2) is 42.4 Å². The molecule has 1 fully saturated rings. The molecule has 7 nitrogen and oxygen atoms in total. The molecule has 5 rings (SSSR count). The van der Waals surface area contributed by atoms with Crippen molar-refractivity contribution in [3.8, 4) is 22.3 Å². The van der Waals surface area contributed by atoms with Gasteiger partial charge in [-0.25, -0.2) is 9.50 Å². The van der Waals surface area contributed by atoms with Gasteiger partial charge in [-0.3, -0.25) is 14.3 Å². The number of likely N-dealkylation sites (tertiary alicyclic amines) is 1. The van der Waals surface area contributed by atoms with Gasteiger partial charge >= 0.3 is 0 Å². The first-order valence-electron chi connectivity index (χ1n) is 8.99. The number of rotatable bonds is 4. The molecular weight excluding hydrogens is 379 g/mol. The number of amides is 1. The number of alkyl halides is 1. The number of thiophene rings is 1. The van der Waals surface area contributed by atoms with Crippen molar-refractivity contribution in [1.82, 2.24) is 29.7 Å². The lowest BCUT2D eigenvalue weighted by molar-refractivity contribution is 0.0790. The van der Waals surface area contributed by atoms with Crippen molar-refractivity contribution < 1.29 is 9.18 Å². The van der Waals surface area contributed by atoms with Crippen molar-refractivity contribution in [3.63, 3.8) is 0 Å². The number of aromatic nitrogens is 5. The second kappa shape index (κ2) is 6.83. The Morgan fingerprint density at radius 1 is 1.29 bits per heavy atom. The first-order chi connectivity index (χ1) is 13.7. The van der Waals surface area contributed by atoms with Gasteiger partial charge in [0.25, 0.3) is 5.91 Å². The summed E-state index contributed by atoms with van der Waals surface area (Å²) in [5, 5.41) is 13.1. The number of nitrogens with one attached hydrogen (secondary N) is 1. The number of hydrogen-bond donors (Lipinski definition) is 1. The van der Waals surface area contributed by atoms with E-state index in [0.29, 0.717) is 18.0 Å². The van der Waals surface area contributed by atoms with Gasteiger partial charge in [-0.1, -0.05) is 0 Å². The fourth-order valence-corrected chi connectivity index (χ4v) is 4.40. The average molecular weight is 396 g/mol. The summed E-state index contributed by atoms with van der Waals surface area (Å²) in [6.07, 6.45) is 9.71. The van der Waals surface area contributed by atoms with Crippen LogP contribution >= 0.6 is 11.3 Å². The lowest BCUT2D eigenvalue weighted by Gasteiger charge is -2.14. The third kappa shape index (κ3) is 2.88. The number of nitrogens with zero attached hydrogens (tertiary/aromatic N) is 5. The Kier molecular flexibility index (Phi) is 4.16. The van der Waals surface area contributed by atoms with Crippen molar-refractivity contribution >= 4 is 22.9 Å². The van der Waals surface area contributed by atoms with Gasteiger partial charge in [0.15, 0.2) is 5.65 Å². The molecule has 0 radical (unpaired) electrons. The van der Waals surface area contributed by atoms with Crippen LogP contribution < -0.4 is 0 Å². The zero-order chi connectivity index (χ0) is 19.1. The third-order valence-corrected chi connectivity index (χ3v) is 6.02. The lowest BCUT2D eigenvalue weighted by Crippen LogP contribution is -2.28. The van der Waals surface area contributed by atoms with Crippen LogP contribution in [0.3, 0.4) is 0 Å². The van der Waals surface area contributed by atoms with E-state index in [1.54, 1.807) is 34.2 Å². The number of aromatic amines is 1. The molecule has 0 aliphatic carbocycles. The zero-order valence-electron chi connectivity index (χ0n) is 14.9. The molecule has 1 saturated heterocycles. The smallest absolute Gasteiger partial charge is 0.263 e. The third-order valence-electron chi connectivity index (χ3n) is 5.10. The second-order valence-corrected chi connectivity index (χ2v) is 7.83. The van der Waals surface area contributed by atoms with E-state index in [9.17, 15) is 9.18 Å². The predicted octanol–water partition coefficient (Wildman–Crippen LogP) is 3.28. The van der Waals surface area contributed by atoms with Gasteiger partial charge in [-0.15, -0.1) is 11.3 Å². The Morgan fingerprint density at radius 2 is 2.21 bits per heavy atom. The van der Waals surface area contributed by atoms with Gasteiger partial charge in [0.2, 0.25) is 0 Å². The topological polar surface area (TPSA) is 79.2 Å². The molecular formula is C19H17FN6OS. The van der Waals surface area contributed by atoms with Gasteiger partial charge < -0.3 is 4.90 Å². The van der Waals surface area contributed by atoms with E-state index in [1.807, 2.05) is 17.6 Å². The van der Waals surface area contributed by atoms with Crippen LogP contribution in [0.2, 0.25) is 0 Å². The van der Waals surface area contributed by atoms with E-state index < -0.39 is 0 Å². The Bertz CT molecular complexity index is 1130. The van der Waals surface area contributed by atoms with Gasteiger partial charge in [-0.05, 0) is 23.4 Å². The molecule has 0 spiro atoms. The lowest BCUT2D eigenvalue weighted by atomic mass is 10.1. The predicted molar refractivity (Wildman–Crippen MR) is 104 cm³/mol. The average Bonchev–Trinajstić information content (AvgIpc) is 3.52. The Labute approximate surface area is 163 Å². The number of carbonyl (C=O) groups is 1. The minimum Gasteiger partial charge on any atom is -0.338 e. The number of carbonyl (C=O) groups excluding carboxylic acids is 1. The highest BCUT2D eigenvalue weighted by Crippen LogP contribution is 2.30. The number of fused-ring (bicyclic) bond motifs is 1. The van der Waals surface area contributed by atoms with Gasteiger partial charge in [0.1, 0.15) is 0 Å². The fourth-order valence-electron chi connectivity index (χ4n) is 3.52. The summed E-state index contributed by atoms with van der Waals surface area (Å²) in [6, 6.07) is 1.87. The van der Waals surface area contributed by atoms with E-state index in [-0.39, 0.29) is 18.5 Å². The van der Waals surface area contributed by atoms with Crippen molar-refractivity contribution in [1.29, 1.82) is 0 Å². The maximum Gasteiger partial charge on any atom is 0.263 e. The molecule has 1 aliphatic rings. The van der Waals surface area contributed by atoms with Crippen molar-refractivity contribution in [2.24, 2.45) is 5.92 Å². The molecule has 9 heteroatoms. The number of halogens is 1. The summed E-state index contributed by atoms with van der Waals surface area (Å²) in [6.45, 7) is 0.752. The maximum atomic E-state index is 12.8. The highest BCUT2D eigenvalue weighted by Gasteiger charge is 2.27. The minimum absolute atomic E-state index is 0.0288. The van der Waals surface area contributed by atoms with Crippen molar-refractivity contribution in [3.05, 3.63) is 47.3 Å².